The van der Waals surface area contributed by atoms with Gasteiger partial charge in [-0.05, 0) is 46.0 Å². The minimum absolute atomic E-state index is 0.315. The summed E-state index contributed by atoms with van der Waals surface area (Å²) >= 11 is 3.24. The standard InChI is InChI=1S/C16H16BrFN2/c17-13-9-16(15(19)10-14(13)18)20-7-5-11-3-1-2-4-12(11)6-8-20/h1-4,9-10H,5-8,19H2. The van der Waals surface area contributed by atoms with E-state index in [1.807, 2.05) is 0 Å². The summed E-state index contributed by atoms with van der Waals surface area (Å²) < 4.78 is 13.9. The first-order valence-corrected chi connectivity index (χ1v) is 7.50. The number of nitrogens with zero attached hydrogens (tertiary/aromatic N) is 1. The van der Waals surface area contributed by atoms with Crippen LogP contribution in [0.4, 0.5) is 15.8 Å². The number of nitrogens with two attached hydrogens (primary N) is 1. The smallest absolute Gasteiger partial charge is 0.139 e. The molecule has 0 aromatic heterocycles. The molecule has 2 aromatic rings. The van der Waals surface area contributed by atoms with Gasteiger partial charge in [0.15, 0.2) is 0 Å². The third-order valence-corrected chi connectivity index (χ3v) is 4.44. The van der Waals surface area contributed by atoms with Crippen molar-refractivity contribution >= 4 is 27.3 Å². The Labute approximate surface area is 126 Å². The van der Waals surface area contributed by atoms with Gasteiger partial charge >= 0.3 is 0 Å². The molecular weight excluding hydrogens is 319 g/mol. The molecular formula is C16H16BrFN2. The highest BCUT2D eigenvalue weighted by molar-refractivity contribution is 9.10. The van der Waals surface area contributed by atoms with E-state index in [-0.39, 0.29) is 5.82 Å². The Morgan fingerprint density at radius 2 is 1.65 bits per heavy atom. The number of nitrogen functional groups attached to an aromatic ring is 1. The Balaban J connectivity index is 1.89. The second kappa shape index (κ2) is 5.44. The molecule has 0 amide bonds. The van der Waals surface area contributed by atoms with Crippen LogP contribution in [0, 0.1) is 5.82 Å². The second-order valence-electron chi connectivity index (χ2n) is 5.08. The summed E-state index contributed by atoms with van der Waals surface area (Å²) in [6.45, 7) is 1.80. The fraction of sp³-hybridized carbons (Fsp3) is 0.250. The largest absolute Gasteiger partial charge is 0.397 e. The van der Waals surface area contributed by atoms with Gasteiger partial charge in [0.25, 0.3) is 0 Å². The Kier molecular flexibility index (Phi) is 3.66. The van der Waals surface area contributed by atoms with Crippen molar-refractivity contribution in [3.63, 3.8) is 0 Å². The fourth-order valence-corrected chi connectivity index (χ4v) is 3.07. The van der Waals surface area contributed by atoms with Gasteiger partial charge in [-0.15, -0.1) is 0 Å². The lowest BCUT2D eigenvalue weighted by Crippen LogP contribution is -2.27. The molecule has 0 saturated heterocycles. The normalized spacial score (nSPS) is 14.8. The van der Waals surface area contributed by atoms with Crippen LogP contribution in [0.15, 0.2) is 40.9 Å². The molecule has 0 unspecified atom stereocenters. The van der Waals surface area contributed by atoms with Gasteiger partial charge in [-0.25, -0.2) is 4.39 Å². The van der Waals surface area contributed by atoms with Crippen LogP contribution in [-0.2, 0) is 12.8 Å². The quantitative estimate of drug-likeness (QED) is 0.804. The van der Waals surface area contributed by atoms with Crippen LogP contribution in [0.25, 0.3) is 0 Å². The number of rotatable bonds is 1. The number of hydrogen-bond donors (Lipinski definition) is 1. The van der Waals surface area contributed by atoms with Gasteiger partial charge in [0.2, 0.25) is 0 Å². The maximum Gasteiger partial charge on any atom is 0.139 e. The molecule has 1 heterocycles. The predicted molar refractivity (Wildman–Crippen MR) is 84.6 cm³/mol. The zero-order chi connectivity index (χ0) is 14.1. The van der Waals surface area contributed by atoms with E-state index < -0.39 is 0 Å². The fourth-order valence-electron chi connectivity index (χ4n) is 2.73. The van der Waals surface area contributed by atoms with Crippen LogP contribution in [0.1, 0.15) is 11.1 Å². The molecule has 2 N–H and O–H groups in total. The highest BCUT2D eigenvalue weighted by Gasteiger charge is 2.17. The molecule has 20 heavy (non-hydrogen) atoms. The van der Waals surface area contributed by atoms with E-state index in [2.05, 4.69) is 45.1 Å². The average Bonchev–Trinajstić information content (AvgIpc) is 2.65. The van der Waals surface area contributed by atoms with Crippen molar-refractivity contribution in [2.45, 2.75) is 12.8 Å². The zero-order valence-corrected chi connectivity index (χ0v) is 12.7. The molecule has 3 rings (SSSR count). The second-order valence-corrected chi connectivity index (χ2v) is 5.94. The van der Waals surface area contributed by atoms with Crippen molar-refractivity contribution < 1.29 is 4.39 Å². The summed E-state index contributed by atoms with van der Waals surface area (Å²) in [6, 6.07) is 11.7. The summed E-state index contributed by atoms with van der Waals surface area (Å²) in [4.78, 5) is 2.24. The van der Waals surface area contributed by atoms with Gasteiger partial charge in [0.05, 0.1) is 15.8 Å². The molecule has 0 saturated carbocycles. The molecule has 0 atom stereocenters. The molecule has 0 bridgehead atoms. The molecule has 2 nitrogen and oxygen atoms in total. The van der Waals surface area contributed by atoms with Gasteiger partial charge in [-0.2, -0.15) is 0 Å². The first-order valence-electron chi connectivity index (χ1n) is 6.71. The van der Waals surface area contributed by atoms with Gasteiger partial charge in [0.1, 0.15) is 5.82 Å². The van der Waals surface area contributed by atoms with Crippen LogP contribution in [-0.4, -0.2) is 13.1 Å². The molecule has 1 aliphatic heterocycles. The first-order chi connectivity index (χ1) is 9.65. The number of anilines is 2. The molecule has 0 fully saturated rings. The number of halogens is 2. The van der Waals surface area contributed by atoms with Gasteiger partial charge in [-0.1, -0.05) is 24.3 Å². The highest BCUT2D eigenvalue weighted by Crippen LogP contribution is 2.31. The molecule has 0 aliphatic carbocycles. The third kappa shape index (κ3) is 2.52. The maximum atomic E-state index is 13.5. The number of fused-ring (bicyclic) bond motifs is 1. The van der Waals surface area contributed by atoms with E-state index in [9.17, 15) is 4.39 Å². The minimum Gasteiger partial charge on any atom is -0.397 e. The van der Waals surface area contributed by atoms with Crippen molar-refractivity contribution in [2.24, 2.45) is 0 Å². The van der Waals surface area contributed by atoms with Crippen LogP contribution in [0.3, 0.4) is 0 Å². The first kappa shape index (κ1) is 13.4. The Hall–Kier alpha value is -1.55. The molecule has 1 aliphatic rings. The van der Waals surface area contributed by atoms with Crippen molar-refractivity contribution in [1.82, 2.24) is 0 Å². The van der Waals surface area contributed by atoms with Crippen molar-refractivity contribution in [2.75, 3.05) is 23.7 Å². The summed E-state index contributed by atoms with van der Waals surface area (Å²) in [7, 11) is 0. The van der Waals surface area contributed by atoms with Crippen LogP contribution in [0.2, 0.25) is 0 Å². The van der Waals surface area contributed by atoms with Crippen LogP contribution in [0.5, 0.6) is 0 Å². The van der Waals surface area contributed by atoms with Gasteiger partial charge in [-0.3, -0.25) is 0 Å². The average molecular weight is 335 g/mol. The van der Waals surface area contributed by atoms with Gasteiger partial charge < -0.3 is 10.6 Å². The molecule has 4 heteroatoms. The van der Waals surface area contributed by atoms with Crippen molar-refractivity contribution in [3.8, 4) is 0 Å². The van der Waals surface area contributed by atoms with Crippen LogP contribution < -0.4 is 10.6 Å². The SMILES string of the molecule is Nc1cc(F)c(Br)cc1N1CCc2ccccc2CC1. The highest BCUT2D eigenvalue weighted by atomic mass is 79.9. The van der Waals surface area contributed by atoms with Crippen molar-refractivity contribution in [1.29, 1.82) is 0 Å². The zero-order valence-electron chi connectivity index (χ0n) is 11.1. The molecule has 104 valence electrons. The van der Waals surface area contributed by atoms with E-state index in [0.717, 1.165) is 31.6 Å². The summed E-state index contributed by atoms with van der Waals surface area (Å²) in [5.74, 6) is -0.315. The lowest BCUT2D eigenvalue weighted by atomic mass is 10.0. The molecule has 0 radical (unpaired) electrons. The van der Waals surface area contributed by atoms with E-state index in [4.69, 9.17) is 5.73 Å². The van der Waals surface area contributed by atoms with E-state index in [1.54, 1.807) is 6.07 Å². The van der Waals surface area contributed by atoms with Gasteiger partial charge in [0, 0.05) is 19.2 Å². The molecule has 2 aromatic carbocycles. The lowest BCUT2D eigenvalue weighted by molar-refractivity contribution is 0.621. The minimum atomic E-state index is -0.315. The van der Waals surface area contributed by atoms with Crippen LogP contribution >= 0.6 is 15.9 Å². The Morgan fingerprint density at radius 1 is 1.05 bits per heavy atom. The summed E-state index contributed by atoms with van der Waals surface area (Å²) in [5, 5.41) is 0. The Morgan fingerprint density at radius 3 is 2.25 bits per heavy atom. The lowest BCUT2D eigenvalue weighted by Gasteiger charge is -2.24. The van der Waals surface area contributed by atoms with E-state index in [1.165, 1.54) is 17.2 Å². The topological polar surface area (TPSA) is 29.3 Å². The third-order valence-electron chi connectivity index (χ3n) is 3.83. The number of hydrogen-bond acceptors (Lipinski definition) is 2. The van der Waals surface area contributed by atoms with E-state index in [0.29, 0.717) is 10.2 Å². The van der Waals surface area contributed by atoms with E-state index >= 15 is 0 Å². The monoisotopic (exact) mass is 334 g/mol. The Bertz CT molecular complexity index is 615. The number of benzene rings is 2. The predicted octanol–water partition coefficient (Wildman–Crippen LogP) is 3.78. The molecule has 0 spiro atoms. The summed E-state index contributed by atoms with van der Waals surface area (Å²) in [6.07, 6.45) is 1.98. The maximum absolute atomic E-state index is 13.5. The summed E-state index contributed by atoms with van der Waals surface area (Å²) in [5.41, 5.74) is 10.2. The van der Waals surface area contributed by atoms with Crippen molar-refractivity contribution in [3.05, 3.63) is 57.8 Å².